The molecule has 0 unspecified atom stereocenters. The van der Waals surface area contributed by atoms with Crippen LogP contribution < -0.4 is 10.1 Å². The average molecular weight is 315 g/mol. The van der Waals surface area contributed by atoms with Gasteiger partial charge in [0.2, 0.25) is 0 Å². The predicted octanol–water partition coefficient (Wildman–Crippen LogP) is 2.25. The molecular weight excluding hydrogens is 306 g/mol. The van der Waals surface area contributed by atoms with Crippen molar-refractivity contribution in [3.63, 3.8) is 0 Å². The highest BCUT2D eigenvalue weighted by Crippen LogP contribution is 2.28. The Morgan fingerprint density at radius 2 is 2.47 bits per heavy atom. The van der Waals surface area contributed by atoms with Crippen molar-refractivity contribution in [1.82, 2.24) is 5.32 Å². The Balaban J connectivity index is 2.30. The maximum absolute atomic E-state index is 11.1. The number of amides is 1. The van der Waals surface area contributed by atoms with Crippen LogP contribution in [0.15, 0.2) is 12.1 Å². The van der Waals surface area contributed by atoms with Crippen molar-refractivity contribution in [3.8, 4) is 5.06 Å². The average Bonchev–Trinajstić information content (AvgIpc) is 2.60. The van der Waals surface area contributed by atoms with Gasteiger partial charge >= 0.3 is 6.09 Å². The highest BCUT2D eigenvalue weighted by atomic mass is 79.9. The fourth-order valence-corrected chi connectivity index (χ4v) is 1.84. The minimum absolute atomic E-state index is 0.142. The zero-order chi connectivity index (χ0) is 11.3. The largest absolute Gasteiger partial charge is 0.413 e. The van der Waals surface area contributed by atoms with E-state index < -0.39 is 12.2 Å². The predicted molar refractivity (Wildman–Crippen MR) is 63.2 cm³/mol. The first-order valence-corrected chi connectivity index (χ1v) is 6.38. The summed E-state index contributed by atoms with van der Waals surface area (Å²) in [7, 11) is 0. The molecule has 1 atom stereocenters. The third-order valence-electron chi connectivity index (χ3n) is 1.40. The van der Waals surface area contributed by atoms with Crippen LogP contribution in [0.25, 0.3) is 0 Å². The third-order valence-corrected chi connectivity index (χ3v) is 3.26. The number of nitrogens with one attached hydrogen (secondary N) is 1. The molecule has 7 heteroatoms. The van der Waals surface area contributed by atoms with E-state index in [0.29, 0.717) is 14.7 Å². The van der Waals surface area contributed by atoms with Gasteiger partial charge in [0.05, 0.1) is 10.4 Å². The van der Waals surface area contributed by atoms with Crippen LogP contribution in [0, 0.1) is 0 Å². The van der Waals surface area contributed by atoms with E-state index >= 15 is 0 Å². The van der Waals surface area contributed by atoms with Gasteiger partial charge in [0.1, 0.15) is 0 Å². The van der Waals surface area contributed by atoms with Crippen molar-refractivity contribution >= 4 is 45.0 Å². The van der Waals surface area contributed by atoms with Crippen molar-refractivity contribution < 1.29 is 14.6 Å². The van der Waals surface area contributed by atoms with Gasteiger partial charge in [-0.3, -0.25) is 0 Å². The van der Waals surface area contributed by atoms with Crippen LogP contribution >= 0.6 is 38.9 Å². The molecular formula is C8H9BrClNO3S. The van der Waals surface area contributed by atoms with Gasteiger partial charge in [-0.05, 0) is 12.1 Å². The number of ether oxygens (including phenoxy) is 1. The van der Waals surface area contributed by atoms with Crippen LogP contribution in [0.2, 0.25) is 4.34 Å². The quantitative estimate of drug-likeness (QED) is 0.838. The first-order valence-electron chi connectivity index (χ1n) is 4.07. The first kappa shape index (κ1) is 12.8. The lowest BCUT2D eigenvalue weighted by molar-refractivity contribution is 0.176. The number of halogens is 2. The Kier molecular flexibility index (Phi) is 5.38. The Morgan fingerprint density at radius 1 is 1.73 bits per heavy atom. The van der Waals surface area contributed by atoms with Crippen molar-refractivity contribution in [3.05, 3.63) is 16.5 Å². The van der Waals surface area contributed by atoms with E-state index in [0.717, 1.165) is 0 Å². The van der Waals surface area contributed by atoms with Crippen LogP contribution in [0.4, 0.5) is 4.79 Å². The number of carbonyl (C=O) groups is 1. The maximum atomic E-state index is 11.1. The van der Waals surface area contributed by atoms with Crippen LogP contribution in [-0.4, -0.2) is 29.2 Å². The number of aliphatic hydroxyl groups is 1. The molecule has 2 N–H and O–H groups in total. The number of hydrogen-bond acceptors (Lipinski definition) is 4. The summed E-state index contributed by atoms with van der Waals surface area (Å²) in [6.45, 7) is 0.142. The van der Waals surface area contributed by atoms with Gasteiger partial charge in [-0.1, -0.05) is 38.9 Å². The highest BCUT2D eigenvalue weighted by Gasteiger charge is 2.08. The van der Waals surface area contributed by atoms with Crippen LogP contribution in [0.5, 0.6) is 5.06 Å². The molecule has 1 heterocycles. The first-order chi connectivity index (χ1) is 7.11. The summed E-state index contributed by atoms with van der Waals surface area (Å²) in [4.78, 5) is 11.1. The fourth-order valence-electron chi connectivity index (χ4n) is 0.736. The zero-order valence-corrected chi connectivity index (χ0v) is 10.7. The van der Waals surface area contributed by atoms with Gasteiger partial charge in [0.15, 0.2) is 5.06 Å². The van der Waals surface area contributed by atoms with Gasteiger partial charge in [0.25, 0.3) is 0 Å². The summed E-state index contributed by atoms with van der Waals surface area (Å²) in [5.74, 6) is 0. The second-order valence-corrected chi connectivity index (χ2v) is 4.96. The molecule has 4 nitrogen and oxygen atoms in total. The van der Waals surface area contributed by atoms with Crippen molar-refractivity contribution in [2.75, 3.05) is 11.9 Å². The summed E-state index contributed by atoms with van der Waals surface area (Å²) in [6, 6.07) is 3.25. The normalized spacial score (nSPS) is 12.2. The second-order valence-electron chi connectivity index (χ2n) is 2.64. The lowest BCUT2D eigenvalue weighted by Crippen LogP contribution is -2.34. The number of thiophene rings is 1. The van der Waals surface area contributed by atoms with Gasteiger partial charge in [-0.15, -0.1) is 0 Å². The van der Waals surface area contributed by atoms with Crippen molar-refractivity contribution in [2.24, 2.45) is 0 Å². The molecule has 0 bridgehead atoms. The maximum Gasteiger partial charge on any atom is 0.413 e. The third kappa shape index (κ3) is 4.83. The zero-order valence-electron chi connectivity index (χ0n) is 7.57. The van der Waals surface area contributed by atoms with E-state index in [4.69, 9.17) is 21.4 Å². The van der Waals surface area contributed by atoms with Crippen molar-refractivity contribution in [1.29, 1.82) is 0 Å². The molecule has 0 saturated heterocycles. The summed E-state index contributed by atoms with van der Waals surface area (Å²) in [5.41, 5.74) is 0. The van der Waals surface area contributed by atoms with Crippen LogP contribution in [0.1, 0.15) is 0 Å². The summed E-state index contributed by atoms with van der Waals surface area (Å²) >= 11 is 9.90. The molecule has 0 aliphatic rings. The van der Waals surface area contributed by atoms with E-state index in [-0.39, 0.29) is 6.54 Å². The lowest BCUT2D eigenvalue weighted by Gasteiger charge is -2.07. The second kappa shape index (κ2) is 6.32. The smallest absolute Gasteiger partial charge is 0.399 e. The van der Waals surface area contributed by atoms with E-state index in [1.165, 1.54) is 11.3 Å². The van der Waals surface area contributed by atoms with Crippen LogP contribution in [0.3, 0.4) is 0 Å². The molecule has 0 aromatic carbocycles. The molecule has 0 fully saturated rings. The summed E-state index contributed by atoms with van der Waals surface area (Å²) < 4.78 is 5.44. The van der Waals surface area contributed by atoms with Gasteiger partial charge in [-0.2, -0.15) is 0 Å². The molecule has 1 aromatic rings. The summed E-state index contributed by atoms with van der Waals surface area (Å²) in [6.07, 6.45) is -1.22. The van der Waals surface area contributed by atoms with Gasteiger partial charge in [0, 0.05) is 11.9 Å². The van der Waals surface area contributed by atoms with Crippen molar-refractivity contribution in [2.45, 2.75) is 6.10 Å². The van der Waals surface area contributed by atoms with E-state index in [1.54, 1.807) is 12.1 Å². The number of hydrogen-bond donors (Lipinski definition) is 2. The number of alkyl halides is 1. The van der Waals surface area contributed by atoms with Crippen LogP contribution in [-0.2, 0) is 0 Å². The molecule has 0 spiro atoms. The monoisotopic (exact) mass is 313 g/mol. The molecule has 0 aliphatic carbocycles. The highest BCUT2D eigenvalue weighted by molar-refractivity contribution is 9.09. The van der Waals surface area contributed by atoms with E-state index in [2.05, 4.69) is 21.2 Å². The minimum atomic E-state index is -0.621. The Labute approximate surface area is 104 Å². The standard InChI is InChI=1S/C8H9BrClNO3S/c9-3-5(12)4-11-8(13)14-7-2-1-6(10)15-7/h1-2,5,12H,3-4H2,(H,11,13)/t5-/m1/s1. The lowest BCUT2D eigenvalue weighted by atomic mass is 10.4. The van der Waals surface area contributed by atoms with E-state index in [1.807, 2.05) is 0 Å². The topological polar surface area (TPSA) is 58.6 Å². The number of carbonyl (C=O) groups excluding carboxylic acids is 1. The molecule has 15 heavy (non-hydrogen) atoms. The van der Waals surface area contributed by atoms with Gasteiger partial charge < -0.3 is 15.2 Å². The molecule has 0 aliphatic heterocycles. The summed E-state index contributed by atoms with van der Waals surface area (Å²) in [5, 5.41) is 12.4. The molecule has 1 rings (SSSR count). The SMILES string of the molecule is O=C(NC[C@H](O)CBr)Oc1ccc(Cl)s1. The Morgan fingerprint density at radius 3 is 3.00 bits per heavy atom. The number of aliphatic hydroxyl groups excluding tert-OH is 1. The molecule has 84 valence electrons. The Bertz CT molecular complexity index is 333. The fraction of sp³-hybridized carbons (Fsp3) is 0.375. The molecule has 0 radical (unpaired) electrons. The number of rotatable bonds is 4. The van der Waals surface area contributed by atoms with Gasteiger partial charge in [-0.25, -0.2) is 4.79 Å². The molecule has 1 amide bonds. The Hall–Kier alpha value is -0.300. The molecule has 0 saturated carbocycles. The molecule has 1 aromatic heterocycles. The van der Waals surface area contributed by atoms with E-state index in [9.17, 15) is 4.79 Å². The minimum Gasteiger partial charge on any atom is -0.399 e.